The van der Waals surface area contributed by atoms with Crippen LogP contribution in [-0.4, -0.2) is 14.1 Å². The molecular weight excluding hydrogens is 360 g/mol. The molecule has 0 N–H and O–H groups in total. The number of aryl methyl sites for hydroxylation is 1. The van der Waals surface area contributed by atoms with E-state index in [9.17, 15) is 9.59 Å². The molecule has 0 unspecified atom stereocenters. The lowest BCUT2D eigenvalue weighted by Gasteiger charge is -2.08. The molecule has 0 amide bonds. The largest absolute Gasteiger partial charge is 0.331 e. The Morgan fingerprint density at radius 2 is 1.93 bits per heavy atom. The summed E-state index contributed by atoms with van der Waals surface area (Å²) in [5.41, 5.74) is 1.83. The van der Waals surface area contributed by atoms with Crippen LogP contribution >= 0.6 is 11.3 Å². The quantitative estimate of drug-likeness (QED) is 0.681. The normalized spacial score (nSPS) is 10.9. The van der Waals surface area contributed by atoms with Crippen LogP contribution in [-0.2, 0) is 13.1 Å². The van der Waals surface area contributed by atoms with E-state index in [4.69, 9.17) is 5.26 Å². The van der Waals surface area contributed by atoms with E-state index in [1.54, 1.807) is 6.92 Å². The molecule has 138 valence electrons. The first-order valence-electron chi connectivity index (χ1n) is 8.73. The summed E-state index contributed by atoms with van der Waals surface area (Å²) in [6.45, 7) is 6.52. The molecule has 7 heteroatoms. The van der Waals surface area contributed by atoms with Crippen molar-refractivity contribution in [2.45, 2.75) is 39.8 Å². The van der Waals surface area contributed by atoms with Crippen molar-refractivity contribution in [1.82, 2.24) is 14.1 Å². The molecule has 2 aromatic heterocycles. The highest BCUT2D eigenvalue weighted by Gasteiger charge is 2.13. The average molecular weight is 380 g/mol. The Labute approximate surface area is 161 Å². The third kappa shape index (κ3) is 3.76. The topological polar surface area (TPSA) is 80.7 Å². The molecule has 1 aromatic carbocycles. The average Bonchev–Trinajstić information content (AvgIpc) is 3.14. The van der Waals surface area contributed by atoms with Crippen molar-refractivity contribution >= 4 is 11.3 Å². The lowest BCUT2D eigenvalue weighted by molar-refractivity contribution is 0.593. The van der Waals surface area contributed by atoms with Crippen LogP contribution in [0.25, 0.3) is 10.6 Å². The summed E-state index contributed by atoms with van der Waals surface area (Å²) in [6.07, 6.45) is 1.31. The van der Waals surface area contributed by atoms with Gasteiger partial charge in [0.1, 0.15) is 16.6 Å². The molecule has 2 heterocycles. The van der Waals surface area contributed by atoms with Crippen LogP contribution in [0.5, 0.6) is 0 Å². The number of aromatic nitrogens is 3. The Morgan fingerprint density at radius 1 is 1.22 bits per heavy atom. The lowest BCUT2D eigenvalue weighted by Crippen LogP contribution is -2.41. The molecule has 0 saturated carbocycles. The Kier molecular flexibility index (Phi) is 5.38. The molecule has 0 aliphatic rings. The second-order valence-electron chi connectivity index (χ2n) is 6.54. The molecule has 27 heavy (non-hydrogen) atoms. The van der Waals surface area contributed by atoms with Gasteiger partial charge in [-0.05, 0) is 18.4 Å². The summed E-state index contributed by atoms with van der Waals surface area (Å²) in [5, 5.41) is 11.8. The molecule has 0 saturated heterocycles. The maximum Gasteiger partial charge on any atom is 0.331 e. The minimum atomic E-state index is -0.581. The van der Waals surface area contributed by atoms with Crippen LogP contribution in [0, 0.1) is 11.3 Å². The number of nitrogens with zero attached hydrogens (tertiary/aromatic N) is 4. The van der Waals surface area contributed by atoms with Gasteiger partial charge in [-0.1, -0.05) is 38.1 Å². The minimum absolute atomic E-state index is 0.0452. The molecule has 6 nitrogen and oxygen atoms in total. The molecule has 0 bridgehead atoms. The van der Waals surface area contributed by atoms with Crippen LogP contribution < -0.4 is 11.2 Å². The molecular formula is C20H20N4O2S. The predicted octanol–water partition coefficient (Wildman–Crippen LogP) is 3.20. The minimum Gasteiger partial charge on any atom is -0.299 e. The summed E-state index contributed by atoms with van der Waals surface area (Å²) in [6, 6.07) is 10.1. The Hall–Kier alpha value is -2.98. The van der Waals surface area contributed by atoms with Crippen LogP contribution in [0.15, 0.2) is 45.4 Å². The number of thiazole rings is 1. The van der Waals surface area contributed by atoms with E-state index in [1.807, 2.05) is 23.6 Å². The van der Waals surface area contributed by atoms with E-state index < -0.39 is 11.2 Å². The van der Waals surface area contributed by atoms with Gasteiger partial charge in [-0.25, -0.2) is 9.78 Å². The zero-order chi connectivity index (χ0) is 19.6. The molecule has 3 aromatic rings. The number of benzene rings is 1. The van der Waals surface area contributed by atoms with Gasteiger partial charge in [0.2, 0.25) is 0 Å². The molecule has 0 spiro atoms. The molecule has 0 fully saturated rings. The van der Waals surface area contributed by atoms with E-state index in [2.05, 4.69) is 31.0 Å². The predicted molar refractivity (Wildman–Crippen MR) is 106 cm³/mol. The van der Waals surface area contributed by atoms with Gasteiger partial charge >= 0.3 is 5.69 Å². The van der Waals surface area contributed by atoms with Crippen molar-refractivity contribution in [3.05, 3.63) is 73.5 Å². The molecule has 3 rings (SSSR count). The highest BCUT2D eigenvalue weighted by molar-refractivity contribution is 7.13. The number of nitriles is 1. The zero-order valence-corrected chi connectivity index (χ0v) is 16.3. The van der Waals surface area contributed by atoms with Gasteiger partial charge in [0, 0.05) is 23.7 Å². The van der Waals surface area contributed by atoms with Gasteiger partial charge in [0.15, 0.2) is 0 Å². The SMILES string of the molecule is CCn1cc(C#N)c(=O)n(Cc2csc(-c3ccc(C(C)C)cc3)n2)c1=O. The second kappa shape index (κ2) is 7.72. The first kappa shape index (κ1) is 18.8. The van der Waals surface area contributed by atoms with Crippen molar-refractivity contribution in [2.75, 3.05) is 0 Å². The van der Waals surface area contributed by atoms with Gasteiger partial charge in [-0.3, -0.25) is 13.9 Å². The van der Waals surface area contributed by atoms with E-state index in [0.717, 1.165) is 15.1 Å². The van der Waals surface area contributed by atoms with Crippen LogP contribution in [0.3, 0.4) is 0 Å². The van der Waals surface area contributed by atoms with Gasteiger partial charge < -0.3 is 0 Å². The van der Waals surface area contributed by atoms with Crippen molar-refractivity contribution < 1.29 is 0 Å². The Morgan fingerprint density at radius 3 is 2.52 bits per heavy atom. The number of hydrogen-bond acceptors (Lipinski definition) is 5. The van der Waals surface area contributed by atoms with Gasteiger partial charge in [0.05, 0.1) is 12.2 Å². The monoisotopic (exact) mass is 380 g/mol. The van der Waals surface area contributed by atoms with Crippen LogP contribution in [0.2, 0.25) is 0 Å². The highest BCUT2D eigenvalue weighted by atomic mass is 32.1. The van der Waals surface area contributed by atoms with E-state index in [0.29, 0.717) is 18.2 Å². The fourth-order valence-corrected chi connectivity index (χ4v) is 3.60. The molecule has 0 radical (unpaired) electrons. The maximum absolute atomic E-state index is 12.5. The summed E-state index contributed by atoms with van der Waals surface area (Å²) in [7, 11) is 0. The van der Waals surface area contributed by atoms with Crippen LogP contribution in [0.1, 0.15) is 43.5 Å². The van der Waals surface area contributed by atoms with E-state index in [1.165, 1.54) is 27.7 Å². The van der Waals surface area contributed by atoms with Gasteiger partial charge in [-0.15, -0.1) is 11.3 Å². The molecule has 0 atom stereocenters. The van der Waals surface area contributed by atoms with E-state index >= 15 is 0 Å². The van der Waals surface area contributed by atoms with Gasteiger partial charge in [0.25, 0.3) is 5.56 Å². The second-order valence-corrected chi connectivity index (χ2v) is 7.39. The zero-order valence-electron chi connectivity index (χ0n) is 15.5. The summed E-state index contributed by atoms with van der Waals surface area (Å²) < 4.78 is 2.43. The van der Waals surface area contributed by atoms with E-state index in [-0.39, 0.29) is 12.1 Å². The van der Waals surface area contributed by atoms with Crippen molar-refractivity contribution in [3.63, 3.8) is 0 Å². The fraction of sp³-hybridized carbons (Fsp3) is 0.300. The standard InChI is InChI=1S/C20H20N4O2S/c1-4-23-10-16(9-21)19(25)24(20(23)26)11-17-12-27-18(22-17)15-7-5-14(6-8-15)13(2)3/h5-8,10,12-13H,4,11H2,1-3H3. The van der Waals surface area contributed by atoms with Crippen molar-refractivity contribution in [3.8, 4) is 16.6 Å². The van der Waals surface area contributed by atoms with Crippen LogP contribution in [0.4, 0.5) is 0 Å². The maximum atomic E-state index is 12.5. The Balaban J connectivity index is 1.94. The van der Waals surface area contributed by atoms with Crippen molar-refractivity contribution in [2.24, 2.45) is 0 Å². The third-order valence-electron chi connectivity index (χ3n) is 4.39. The smallest absolute Gasteiger partial charge is 0.299 e. The summed E-state index contributed by atoms with van der Waals surface area (Å²) in [5.74, 6) is 0.464. The molecule has 0 aliphatic carbocycles. The third-order valence-corrected chi connectivity index (χ3v) is 5.33. The molecule has 0 aliphatic heterocycles. The highest BCUT2D eigenvalue weighted by Crippen LogP contribution is 2.25. The van der Waals surface area contributed by atoms with Crippen molar-refractivity contribution in [1.29, 1.82) is 5.26 Å². The summed E-state index contributed by atoms with van der Waals surface area (Å²) >= 11 is 1.47. The Bertz CT molecular complexity index is 1110. The van der Waals surface area contributed by atoms with Gasteiger partial charge in [-0.2, -0.15) is 5.26 Å². The first-order chi connectivity index (χ1) is 12.9. The number of hydrogen-bond donors (Lipinski definition) is 0. The summed E-state index contributed by atoms with van der Waals surface area (Å²) in [4.78, 5) is 29.4. The first-order valence-corrected chi connectivity index (χ1v) is 9.61. The fourth-order valence-electron chi connectivity index (χ4n) is 2.78. The number of rotatable bonds is 5. The lowest BCUT2D eigenvalue weighted by atomic mass is 10.0.